The summed E-state index contributed by atoms with van der Waals surface area (Å²) in [5.41, 5.74) is 0.679. The molecule has 0 bridgehead atoms. The molecule has 0 spiro atoms. The number of thioether (sulfide) groups is 1. The molecule has 7 heteroatoms. The van der Waals surface area contributed by atoms with Gasteiger partial charge in [-0.1, -0.05) is 11.8 Å². The Bertz CT molecular complexity index is 570. The molecule has 0 amide bonds. The third-order valence-corrected chi connectivity index (χ3v) is 4.15. The molecule has 0 aromatic carbocycles. The zero-order chi connectivity index (χ0) is 13.1. The first kappa shape index (κ1) is 13.0. The van der Waals surface area contributed by atoms with E-state index in [2.05, 4.69) is 15.0 Å². The van der Waals surface area contributed by atoms with Crippen LogP contribution in [0.3, 0.4) is 0 Å². The molecule has 0 fully saturated rings. The van der Waals surface area contributed by atoms with E-state index < -0.39 is 5.97 Å². The minimum atomic E-state index is -0.992. The predicted molar refractivity (Wildman–Crippen MR) is 70.1 cm³/mol. The molecule has 0 aliphatic carbocycles. The van der Waals surface area contributed by atoms with Gasteiger partial charge < -0.3 is 5.11 Å². The van der Waals surface area contributed by atoms with Crippen LogP contribution in [0.5, 0.6) is 0 Å². The third kappa shape index (κ3) is 2.85. The van der Waals surface area contributed by atoms with Gasteiger partial charge in [-0.05, 0) is 13.8 Å². The largest absolute Gasteiger partial charge is 0.478 e. The molecule has 2 aromatic rings. The summed E-state index contributed by atoms with van der Waals surface area (Å²) in [6, 6.07) is 0. The summed E-state index contributed by atoms with van der Waals surface area (Å²) in [6.45, 7) is 3.44. The van der Waals surface area contributed by atoms with Crippen LogP contribution in [0.15, 0.2) is 16.6 Å². The average Bonchev–Trinajstić information content (AvgIpc) is 2.77. The fourth-order valence-electron chi connectivity index (χ4n) is 1.49. The van der Waals surface area contributed by atoms with Crippen molar-refractivity contribution in [3.05, 3.63) is 33.7 Å². The van der Waals surface area contributed by atoms with E-state index in [1.54, 1.807) is 31.4 Å². The monoisotopic (exact) mass is 281 g/mol. The number of thiazole rings is 1. The van der Waals surface area contributed by atoms with Crippen molar-refractivity contribution in [1.82, 2.24) is 15.0 Å². The molecule has 0 unspecified atom stereocenters. The summed E-state index contributed by atoms with van der Waals surface area (Å²) in [5, 5.41) is 12.5. The highest BCUT2D eigenvalue weighted by Crippen LogP contribution is 2.26. The first-order valence-corrected chi connectivity index (χ1v) is 7.04. The Kier molecular flexibility index (Phi) is 3.93. The Morgan fingerprint density at radius 2 is 2.22 bits per heavy atom. The molecule has 0 aliphatic rings. The maximum absolute atomic E-state index is 11.2. The number of aryl methyl sites for hydroxylation is 2. The molecule has 1 N–H and O–H groups in total. The van der Waals surface area contributed by atoms with Gasteiger partial charge in [-0.3, -0.25) is 0 Å². The number of carboxylic acids is 1. The lowest BCUT2D eigenvalue weighted by Crippen LogP contribution is -2.08. The molecular weight excluding hydrogens is 270 g/mol. The first-order chi connectivity index (χ1) is 8.58. The highest BCUT2D eigenvalue weighted by Gasteiger charge is 2.17. The van der Waals surface area contributed by atoms with Crippen molar-refractivity contribution in [3.63, 3.8) is 0 Å². The Morgan fingerprint density at radius 1 is 1.44 bits per heavy atom. The molecule has 18 heavy (non-hydrogen) atoms. The lowest BCUT2D eigenvalue weighted by molar-refractivity contribution is 0.0690. The van der Waals surface area contributed by atoms with E-state index in [1.807, 2.05) is 5.38 Å². The van der Waals surface area contributed by atoms with Crippen LogP contribution >= 0.6 is 23.1 Å². The Morgan fingerprint density at radius 3 is 2.83 bits per heavy atom. The van der Waals surface area contributed by atoms with Crippen molar-refractivity contribution in [2.45, 2.75) is 24.6 Å². The molecule has 0 aliphatic heterocycles. The molecule has 2 heterocycles. The molecule has 2 aromatic heterocycles. The Balaban J connectivity index is 2.28. The zero-order valence-corrected chi connectivity index (χ0v) is 11.5. The number of hydrogen-bond donors (Lipinski definition) is 1. The molecular formula is C11H11N3O2S2. The van der Waals surface area contributed by atoms with Gasteiger partial charge in [-0.25, -0.2) is 19.7 Å². The molecule has 0 radical (unpaired) electrons. The van der Waals surface area contributed by atoms with Gasteiger partial charge in [0.1, 0.15) is 21.4 Å². The van der Waals surface area contributed by atoms with Crippen molar-refractivity contribution >= 4 is 29.1 Å². The van der Waals surface area contributed by atoms with Crippen LogP contribution in [0, 0.1) is 13.8 Å². The van der Waals surface area contributed by atoms with Crippen molar-refractivity contribution in [3.8, 4) is 0 Å². The van der Waals surface area contributed by atoms with E-state index in [-0.39, 0.29) is 5.56 Å². The lowest BCUT2D eigenvalue weighted by atomic mass is 10.2. The minimum Gasteiger partial charge on any atom is -0.478 e. The van der Waals surface area contributed by atoms with Gasteiger partial charge in [-0.2, -0.15) is 0 Å². The predicted octanol–water partition coefficient (Wildman–Crippen LogP) is 2.54. The number of hydrogen-bond acceptors (Lipinski definition) is 6. The number of carbonyl (C=O) groups is 1. The molecule has 2 rings (SSSR count). The van der Waals surface area contributed by atoms with Crippen LogP contribution in [-0.4, -0.2) is 26.0 Å². The van der Waals surface area contributed by atoms with E-state index in [9.17, 15) is 9.90 Å². The van der Waals surface area contributed by atoms with Gasteiger partial charge in [0.2, 0.25) is 0 Å². The number of aromatic carboxylic acids is 1. The number of rotatable bonds is 4. The fourth-order valence-corrected chi connectivity index (χ4v) is 3.25. The second kappa shape index (κ2) is 5.45. The highest BCUT2D eigenvalue weighted by molar-refractivity contribution is 7.98. The smallest absolute Gasteiger partial charge is 0.340 e. The van der Waals surface area contributed by atoms with Gasteiger partial charge in [0.25, 0.3) is 0 Å². The molecule has 0 atom stereocenters. The summed E-state index contributed by atoms with van der Waals surface area (Å²) in [5.74, 6) is 0.210. The summed E-state index contributed by atoms with van der Waals surface area (Å²) in [4.78, 5) is 23.7. The second-order valence-corrected chi connectivity index (χ2v) is 5.50. The summed E-state index contributed by atoms with van der Waals surface area (Å²) < 4.78 is 0. The maximum atomic E-state index is 11.2. The second-order valence-electron chi connectivity index (χ2n) is 3.56. The van der Waals surface area contributed by atoms with E-state index >= 15 is 0 Å². The SMILES string of the molecule is Cc1nc(C)c(C(=O)O)c(SCc2nccs2)n1. The molecule has 0 saturated carbocycles. The van der Waals surface area contributed by atoms with Crippen LogP contribution < -0.4 is 0 Å². The topological polar surface area (TPSA) is 76.0 Å². The van der Waals surface area contributed by atoms with E-state index in [0.29, 0.717) is 22.3 Å². The van der Waals surface area contributed by atoms with Crippen LogP contribution in [0.4, 0.5) is 0 Å². The lowest BCUT2D eigenvalue weighted by Gasteiger charge is -2.07. The van der Waals surface area contributed by atoms with Crippen LogP contribution in [-0.2, 0) is 5.75 Å². The number of nitrogens with zero attached hydrogens (tertiary/aromatic N) is 3. The Hall–Kier alpha value is -1.47. The van der Waals surface area contributed by atoms with Gasteiger partial charge in [0, 0.05) is 11.6 Å². The van der Waals surface area contributed by atoms with Gasteiger partial charge in [-0.15, -0.1) is 11.3 Å². The van der Waals surface area contributed by atoms with Crippen LogP contribution in [0.1, 0.15) is 26.9 Å². The molecule has 94 valence electrons. The molecule has 0 saturated heterocycles. The van der Waals surface area contributed by atoms with E-state index in [1.165, 1.54) is 11.8 Å². The maximum Gasteiger partial charge on any atom is 0.340 e. The third-order valence-electron chi connectivity index (χ3n) is 2.20. The standard InChI is InChI=1S/C11H11N3O2S2/c1-6-9(11(15)16)10(14-7(2)13-6)18-5-8-12-3-4-17-8/h3-4H,5H2,1-2H3,(H,15,16). The van der Waals surface area contributed by atoms with Crippen molar-refractivity contribution < 1.29 is 9.90 Å². The Labute approximate surface area is 112 Å². The quantitative estimate of drug-likeness (QED) is 0.685. The van der Waals surface area contributed by atoms with Crippen molar-refractivity contribution in [1.29, 1.82) is 0 Å². The number of carboxylic acid groups (broad SMARTS) is 1. The summed E-state index contributed by atoms with van der Waals surface area (Å²) in [6.07, 6.45) is 1.73. The van der Waals surface area contributed by atoms with Gasteiger partial charge in [0.05, 0.1) is 11.4 Å². The summed E-state index contributed by atoms with van der Waals surface area (Å²) in [7, 11) is 0. The van der Waals surface area contributed by atoms with Crippen LogP contribution in [0.2, 0.25) is 0 Å². The highest BCUT2D eigenvalue weighted by atomic mass is 32.2. The summed E-state index contributed by atoms with van der Waals surface area (Å²) >= 11 is 2.92. The zero-order valence-electron chi connectivity index (χ0n) is 9.88. The van der Waals surface area contributed by atoms with E-state index in [4.69, 9.17) is 0 Å². The number of aromatic nitrogens is 3. The fraction of sp³-hybridized carbons (Fsp3) is 0.273. The van der Waals surface area contributed by atoms with Crippen molar-refractivity contribution in [2.24, 2.45) is 0 Å². The first-order valence-electron chi connectivity index (χ1n) is 5.17. The van der Waals surface area contributed by atoms with Crippen molar-refractivity contribution in [2.75, 3.05) is 0 Å². The van der Waals surface area contributed by atoms with Gasteiger partial charge in [0.15, 0.2) is 0 Å². The van der Waals surface area contributed by atoms with Crippen LogP contribution in [0.25, 0.3) is 0 Å². The molecule has 5 nitrogen and oxygen atoms in total. The van der Waals surface area contributed by atoms with E-state index in [0.717, 1.165) is 5.01 Å². The van der Waals surface area contributed by atoms with Gasteiger partial charge >= 0.3 is 5.97 Å². The minimum absolute atomic E-state index is 0.183. The average molecular weight is 281 g/mol. The normalized spacial score (nSPS) is 10.6.